The summed E-state index contributed by atoms with van der Waals surface area (Å²) in [7, 11) is 0. The van der Waals surface area contributed by atoms with Crippen LogP contribution in [0, 0.1) is 16.7 Å². The molecule has 3 unspecified atom stereocenters. The number of carbonyl (C=O) groups excluding carboxylic acids is 2. The molecule has 0 fully saturated rings. The van der Waals surface area contributed by atoms with E-state index in [2.05, 4.69) is 0 Å². The molecule has 0 bridgehead atoms. The maximum atomic E-state index is 13.1. The lowest BCUT2D eigenvalue weighted by Crippen LogP contribution is -2.40. The Kier molecular flexibility index (Phi) is 6.63. The molecule has 7 heteroatoms. The minimum absolute atomic E-state index is 0.0448. The van der Waals surface area contributed by atoms with Crippen LogP contribution in [0.1, 0.15) is 53.7 Å². The van der Waals surface area contributed by atoms with Crippen LogP contribution < -0.4 is 0 Å². The number of hydrogen-bond donors (Lipinski definition) is 2. The number of benzene rings is 2. The molecular weight excluding hydrogens is 384 g/mol. The summed E-state index contributed by atoms with van der Waals surface area (Å²) in [6.45, 7) is 1.84. The third kappa shape index (κ3) is 3.85. The van der Waals surface area contributed by atoms with Crippen LogP contribution in [-0.4, -0.2) is 40.0 Å². The molecule has 30 heavy (non-hydrogen) atoms. The van der Waals surface area contributed by atoms with Crippen molar-refractivity contribution in [3.05, 3.63) is 71.3 Å². The molecule has 3 rings (SSSR count). The van der Waals surface area contributed by atoms with Gasteiger partial charge in [0.1, 0.15) is 12.5 Å². The molecule has 0 spiro atoms. The fourth-order valence-corrected chi connectivity index (χ4v) is 3.79. The number of Topliss-reactive ketones (excluding diaryl/α,β-unsaturated/α-hetero) is 1. The number of carbonyl (C=O) groups is 2. The first-order chi connectivity index (χ1) is 14.5. The third-order valence-electron chi connectivity index (χ3n) is 5.39. The molecule has 2 aromatic carbocycles. The zero-order valence-corrected chi connectivity index (χ0v) is 16.7. The van der Waals surface area contributed by atoms with E-state index in [4.69, 9.17) is 4.74 Å². The molecule has 2 aromatic rings. The van der Waals surface area contributed by atoms with Crippen molar-refractivity contribution in [1.82, 2.24) is 4.90 Å². The van der Waals surface area contributed by atoms with Crippen molar-refractivity contribution in [2.24, 2.45) is 5.41 Å². The molecule has 156 valence electrons. The quantitative estimate of drug-likeness (QED) is 0.392. The van der Waals surface area contributed by atoms with E-state index in [1.54, 1.807) is 61.5 Å². The molecule has 7 nitrogen and oxygen atoms in total. The average Bonchev–Trinajstić information content (AvgIpc) is 3.02. The summed E-state index contributed by atoms with van der Waals surface area (Å²) in [5.41, 5.74) is -0.509. The number of fused-ring (bicyclic) bond motifs is 1. The van der Waals surface area contributed by atoms with E-state index in [9.17, 15) is 25.1 Å². The van der Waals surface area contributed by atoms with E-state index in [1.807, 2.05) is 6.07 Å². The maximum Gasteiger partial charge on any atom is 0.334 e. The Balaban J connectivity index is 1.79. The van der Waals surface area contributed by atoms with Crippen LogP contribution in [0.3, 0.4) is 0 Å². The molecular formula is C23H24N2O5. The first-order valence-electron chi connectivity index (χ1n) is 9.85. The molecule has 0 saturated carbocycles. The second-order valence-electron chi connectivity index (χ2n) is 7.15. The van der Waals surface area contributed by atoms with Gasteiger partial charge < -0.3 is 14.9 Å². The van der Waals surface area contributed by atoms with Crippen LogP contribution in [0.5, 0.6) is 0 Å². The fraction of sp³-hybridized carbons (Fsp3) is 0.348. The van der Waals surface area contributed by atoms with Gasteiger partial charge in [-0.3, -0.25) is 4.79 Å². The molecule has 1 heterocycles. The molecule has 1 aliphatic rings. The van der Waals surface area contributed by atoms with E-state index < -0.39 is 29.6 Å². The Morgan fingerprint density at radius 1 is 1.07 bits per heavy atom. The largest absolute Gasteiger partial charge is 0.464 e. The van der Waals surface area contributed by atoms with Crippen molar-refractivity contribution in [3.63, 3.8) is 0 Å². The summed E-state index contributed by atoms with van der Waals surface area (Å²) in [6.07, 6.45) is -1.88. The Bertz CT molecular complexity index is 927. The highest BCUT2D eigenvalue weighted by molar-refractivity contribution is 6.14. The van der Waals surface area contributed by atoms with Gasteiger partial charge in [-0.05, 0) is 19.8 Å². The summed E-state index contributed by atoms with van der Waals surface area (Å²) in [6, 6.07) is 17.1. The number of esters is 1. The molecule has 0 amide bonds. The predicted molar refractivity (Wildman–Crippen MR) is 108 cm³/mol. The number of hydrogen-bond acceptors (Lipinski definition) is 7. The van der Waals surface area contributed by atoms with E-state index in [1.165, 1.54) is 4.90 Å². The number of ketones is 1. The van der Waals surface area contributed by atoms with Gasteiger partial charge >= 0.3 is 5.97 Å². The molecule has 2 N–H and O–H groups in total. The Hall–Kier alpha value is -3.05. The molecule has 3 atom stereocenters. The van der Waals surface area contributed by atoms with Gasteiger partial charge in [-0.15, -0.1) is 0 Å². The van der Waals surface area contributed by atoms with E-state index in [0.717, 1.165) is 0 Å². The molecule has 0 saturated heterocycles. The minimum atomic E-state index is -1.99. The van der Waals surface area contributed by atoms with Crippen molar-refractivity contribution < 1.29 is 24.5 Å². The van der Waals surface area contributed by atoms with Gasteiger partial charge in [0.2, 0.25) is 5.41 Å². The maximum absolute atomic E-state index is 13.1. The van der Waals surface area contributed by atoms with Crippen molar-refractivity contribution in [2.75, 3.05) is 13.2 Å². The average molecular weight is 408 g/mol. The SMILES string of the molecule is CCOC(=O)C(C#N)(CCCN1C(O)c2ccccc2C1O)C(=O)c1ccccc1. The number of aliphatic hydroxyl groups excluding tert-OH is 2. The zero-order valence-electron chi connectivity index (χ0n) is 16.7. The first kappa shape index (κ1) is 21.7. The lowest BCUT2D eigenvalue weighted by Gasteiger charge is -2.27. The molecule has 0 aliphatic carbocycles. The minimum Gasteiger partial charge on any atom is -0.464 e. The van der Waals surface area contributed by atoms with Crippen molar-refractivity contribution in [2.45, 2.75) is 32.2 Å². The first-order valence-corrected chi connectivity index (χ1v) is 9.85. The zero-order chi connectivity index (χ0) is 21.7. The normalized spacial score (nSPS) is 20.1. The Labute approximate surface area is 175 Å². The highest BCUT2D eigenvalue weighted by Crippen LogP contribution is 2.39. The monoisotopic (exact) mass is 408 g/mol. The van der Waals surface area contributed by atoms with Gasteiger partial charge in [0.05, 0.1) is 12.7 Å². The van der Waals surface area contributed by atoms with Gasteiger partial charge in [0.15, 0.2) is 5.78 Å². The second-order valence-corrected chi connectivity index (χ2v) is 7.15. The number of aliphatic hydroxyl groups is 2. The van der Waals surface area contributed by atoms with Crippen molar-refractivity contribution in [3.8, 4) is 6.07 Å². The summed E-state index contributed by atoms with van der Waals surface area (Å²) in [5, 5.41) is 30.9. The molecule has 1 aliphatic heterocycles. The molecule has 0 aromatic heterocycles. The van der Waals surface area contributed by atoms with Crippen LogP contribution in [0.25, 0.3) is 0 Å². The lowest BCUT2D eigenvalue weighted by molar-refractivity contribution is -0.150. The Morgan fingerprint density at radius 2 is 1.63 bits per heavy atom. The lowest BCUT2D eigenvalue weighted by atomic mass is 9.77. The number of nitrogens with zero attached hydrogens (tertiary/aromatic N) is 2. The van der Waals surface area contributed by atoms with Gasteiger partial charge in [0.25, 0.3) is 0 Å². The van der Waals surface area contributed by atoms with Crippen LogP contribution in [0.15, 0.2) is 54.6 Å². The van der Waals surface area contributed by atoms with Gasteiger partial charge in [-0.2, -0.15) is 5.26 Å². The van der Waals surface area contributed by atoms with Crippen molar-refractivity contribution in [1.29, 1.82) is 5.26 Å². The fourth-order valence-electron chi connectivity index (χ4n) is 3.79. The van der Waals surface area contributed by atoms with E-state index in [0.29, 0.717) is 11.1 Å². The van der Waals surface area contributed by atoms with Gasteiger partial charge in [-0.1, -0.05) is 54.6 Å². The third-order valence-corrected chi connectivity index (χ3v) is 5.39. The highest BCUT2D eigenvalue weighted by atomic mass is 16.5. The van der Waals surface area contributed by atoms with Crippen LogP contribution in [0.4, 0.5) is 0 Å². The summed E-state index contributed by atoms with van der Waals surface area (Å²) in [5.74, 6) is -1.50. The second kappa shape index (κ2) is 9.18. The predicted octanol–water partition coefficient (Wildman–Crippen LogP) is 2.72. The number of ether oxygens (including phenoxy) is 1. The highest BCUT2D eigenvalue weighted by Gasteiger charge is 2.48. The van der Waals surface area contributed by atoms with Gasteiger partial charge in [0, 0.05) is 23.2 Å². The van der Waals surface area contributed by atoms with Crippen LogP contribution in [0.2, 0.25) is 0 Å². The topological polar surface area (TPSA) is 111 Å². The van der Waals surface area contributed by atoms with Crippen LogP contribution in [-0.2, 0) is 9.53 Å². The van der Waals surface area contributed by atoms with Gasteiger partial charge in [-0.25, -0.2) is 9.69 Å². The number of rotatable bonds is 8. The summed E-state index contributed by atoms with van der Waals surface area (Å²) in [4.78, 5) is 27.2. The smallest absolute Gasteiger partial charge is 0.334 e. The Morgan fingerprint density at radius 3 is 2.17 bits per heavy atom. The van der Waals surface area contributed by atoms with E-state index in [-0.39, 0.29) is 31.6 Å². The summed E-state index contributed by atoms with van der Waals surface area (Å²) < 4.78 is 5.06. The molecule has 0 radical (unpaired) electrons. The van der Waals surface area contributed by atoms with Crippen molar-refractivity contribution >= 4 is 11.8 Å². The number of nitriles is 1. The van der Waals surface area contributed by atoms with E-state index >= 15 is 0 Å². The van der Waals surface area contributed by atoms with Crippen LogP contribution >= 0.6 is 0 Å². The summed E-state index contributed by atoms with van der Waals surface area (Å²) >= 11 is 0. The standard InChI is InChI=1S/C23H24N2O5/c1-2-30-22(29)23(15-24,19(26)16-9-4-3-5-10-16)13-8-14-25-20(27)17-11-6-7-12-18(17)21(25)28/h3-7,9-12,20-21,27-28H,2,8,13-14H2,1H3.